The average molecular weight is 409 g/mol. The molecule has 5 rings (SSSR count). The van der Waals surface area contributed by atoms with Crippen LogP contribution in [0, 0.1) is 18.2 Å². The molecular weight excluding hydrogens is 391 g/mol. The van der Waals surface area contributed by atoms with E-state index >= 15 is 0 Å². The van der Waals surface area contributed by atoms with Gasteiger partial charge in [0.15, 0.2) is 12.4 Å². The fourth-order valence-electron chi connectivity index (χ4n) is 4.29. The third kappa shape index (κ3) is 3.58. The molecule has 3 aliphatic carbocycles. The van der Waals surface area contributed by atoms with E-state index in [1.807, 2.05) is 6.92 Å². The maximum atomic E-state index is 13.4. The van der Waals surface area contributed by atoms with E-state index in [0.717, 1.165) is 30.3 Å². The average Bonchev–Trinajstić information content (AvgIpc) is 2.99. The van der Waals surface area contributed by atoms with Crippen LogP contribution in [0.3, 0.4) is 0 Å². The summed E-state index contributed by atoms with van der Waals surface area (Å²) in [4.78, 5) is 28.7. The van der Waals surface area contributed by atoms with Crippen LogP contribution in [0.4, 0.5) is 4.39 Å². The molecule has 0 atom stereocenters. The van der Waals surface area contributed by atoms with Gasteiger partial charge in [0, 0.05) is 23.4 Å². The Morgan fingerprint density at radius 2 is 2.11 bits per heavy atom. The molecule has 2 aromatic rings. The number of hydrogen-bond donors (Lipinski definition) is 1. The highest BCUT2D eigenvalue weighted by molar-refractivity contribution is 7.09. The van der Waals surface area contributed by atoms with Crippen molar-refractivity contribution in [2.24, 2.45) is 5.41 Å². The van der Waals surface area contributed by atoms with Gasteiger partial charge in [0.1, 0.15) is 17.3 Å². The summed E-state index contributed by atoms with van der Waals surface area (Å²) in [6.45, 7) is 1.69. The second-order valence-electron chi connectivity index (χ2n) is 7.58. The minimum Gasteiger partial charge on any atom is -0.484 e. The fraction of sp³-hybridized carbons (Fsp3) is 0.421. The molecule has 1 N–H and O–H groups in total. The number of nitrogens with zero attached hydrogens (tertiary/aromatic N) is 1. The Labute approximate surface area is 164 Å². The molecule has 5 nitrogen and oxygen atoms in total. The van der Waals surface area contributed by atoms with Crippen molar-refractivity contribution < 1.29 is 18.7 Å². The van der Waals surface area contributed by atoms with E-state index in [4.69, 9.17) is 16.3 Å². The minimum absolute atomic E-state index is 0.00203. The first-order chi connectivity index (χ1) is 12.8. The van der Waals surface area contributed by atoms with Crippen molar-refractivity contribution in [3.8, 4) is 5.75 Å². The quantitative estimate of drug-likeness (QED) is 0.705. The van der Waals surface area contributed by atoms with Crippen molar-refractivity contribution >= 4 is 34.6 Å². The van der Waals surface area contributed by atoms with Crippen molar-refractivity contribution in [3.05, 3.63) is 45.1 Å². The molecule has 1 aromatic carbocycles. The highest BCUT2D eigenvalue weighted by Gasteiger charge is 2.68. The van der Waals surface area contributed by atoms with Crippen LogP contribution in [-0.2, 0) is 4.79 Å². The fourth-order valence-corrected chi connectivity index (χ4v) is 5.02. The highest BCUT2D eigenvalue weighted by Crippen LogP contribution is 2.69. The number of benzene rings is 1. The summed E-state index contributed by atoms with van der Waals surface area (Å²) in [7, 11) is 0. The molecule has 0 radical (unpaired) electrons. The number of carbonyl (C=O) groups excluding carboxylic acids is 2. The molecule has 3 saturated carbocycles. The van der Waals surface area contributed by atoms with Gasteiger partial charge < -0.3 is 10.1 Å². The number of aryl methyl sites for hydroxylation is 1. The lowest BCUT2D eigenvalue weighted by Crippen LogP contribution is -2.75. The van der Waals surface area contributed by atoms with Crippen molar-refractivity contribution in [2.45, 2.75) is 38.1 Å². The van der Waals surface area contributed by atoms with E-state index in [-0.39, 0.29) is 40.0 Å². The molecule has 0 unspecified atom stereocenters. The number of carbonyl (C=O) groups is 2. The van der Waals surface area contributed by atoms with E-state index in [1.54, 1.807) is 5.38 Å². The van der Waals surface area contributed by atoms with E-state index in [2.05, 4.69) is 10.3 Å². The molecule has 3 fully saturated rings. The van der Waals surface area contributed by atoms with Crippen molar-refractivity contribution in [3.63, 3.8) is 0 Å². The third-order valence-electron chi connectivity index (χ3n) is 5.25. The number of ether oxygens (including phenoxy) is 1. The van der Waals surface area contributed by atoms with Crippen molar-refractivity contribution in [1.82, 2.24) is 10.3 Å². The standard InChI is InChI=1S/C19H18ClFN2O3S/c1-11-22-15(7-27-11)16(24)5-18-8-19(9-18,10-18)23-17(25)6-26-12-2-3-13(20)14(21)4-12/h2-4,7H,5-6,8-10H2,1H3,(H,23,25). The zero-order chi connectivity index (χ0) is 19.2. The molecule has 1 amide bonds. The monoisotopic (exact) mass is 408 g/mol. The topological polar surface area (TPSA) is 68.3 Å². The zero-order valence-corrected chi connectivity index (χ0v) is 16.3. The number of Topliss-reactive ketones (excluding diaryl/α,β-unsaturated/α-hetero) is 1. The molecular formula is C19H18ClFN2O3S. The van der Waals surface area contributed by atoms with Crippen LogP contribution in [0.25, 0.3) is 0 Å². The Morgan fingerprint density at radius 3 is 2.74 bits per heavy atom. The molecule has 8 heteroatoms. The maximum absolute atomic E-state index is 13.4. The Balaban J connectivity index is 1.23. The predicted octanol–water partition coefficient (Wildman–Crippen LogP) is 3.93. The predicted molar refractivity (Wildman–Crippen MR) is 99.9 cm³/mol. The summed E-state index contributed by atoms with van der Waals surface area (Å²) < 4.78 is 18.7. The Kier molecular flexibility index (Phi) is 4.47. The van der Waals surface area contributed by atoms with Gasteiger partial charge in [0.2, 0.25) is 0 Å². The molecule has 1 heterocycles. The maximum Gasteiger partial charge on any atom is 0.258 e. The number of aromatic nitrogens is 1. The van der Waals surface area contributed by atoms with Gasteiger partial charge in [-0.3, -0.25) is 9.59 Å². The van der Waals surface area contributed by atoms with E-state index in [0.29, 0.717) is 12.1 Å². The van der Waals surface area contributed by atoms with Crippen LogP contribution in [0.2, 0.25) is 5.02 Å². The highest BCUT2D eigenvalue weighted by atomic mass is 35.5. The molecule has 27 heavy (non-hydrogen) atoms. The van der Waals surface area contributed by atoms with Gasteiger partial charge >= 0.3 is 0 Å². The van der Waals surface area contributed by atoms with Crippen LogP contribution in [0.5, 0.6) is 5.75 Å². The zero-order valence-electron chi connectivity index (χ0n) is 14.7. The largest absolute Gasteiger partial charge is 0.484 e. The third-order valence-corrected chi connectivity index (χ3v) is 6.33. The summed E-state index contributed by atoms with van der Waals surface area (Å²) in [5.41, 5.74) is 0.329. The normalized spacial score (nSPS) is 25.3. The molecule has 142 valence electrons. The second-order valence-corrected chi connectivity index (χ2v) is 9.04. The van der Waals surface area contributed by atoms with Crippen LogP contribution < -0.4 is 10.1 Å². The summed E-state index contributed by atoms with van der Waals surface area (Å²) in [5, 5.41) is 5.69. The molecule has 2 bridgehead atoms. The first kappa shape index (κ1) is 18.4. The van der Waals surface area contributed by atoms with Gasteiger partial charge in [-0.2, -0.15) is 0 Å². The summed E-state index contributed by atoms with van der Waals surface area (Å²) in [5.74, 6) is -0.506. The van der Waals surface area contributed by atoms with E-state index < -0.39 is 5.82 Å². The Bertz CT molecular complexity index is 910. The number of nitrogens with one attached hydrogen (secondary N) is 1. The Morgan fingerprint density at radius 1 is 1.37 bits per heavy atom. The molecule has 3 aliphatic rings. The number of halogens is 2. The first-order valence-electron chi connectivity index (χ1n) is 8.62. The van der Waals surface area contributed by atoms with Gasteiger partial charge in [-0.1, -0.05) is 11.6 Å². The first-order valence-corrected chi connectivity index (χ1v) is 9.88. The second kappa shape index (κ2) is 6.56. The number of rotatable bonds is 7. The van der Waals surface area contributed by atoms with E-state index in [9.17, 15) is 14.0 Å². The Hall–Kier alpha value is -1.99. The van der Waals surface area contributed by atoms with Crippen LogP contribution in [0.15, 0.2) is 23.6 Å². The lowest BCUT2D eigenvalue weighted by Gasteiger charge is -2.70. The van der Waals surface area contributed by atoms with E-state index in [1.165, 1.54) is 23.5 Å². The summed E-state index contributed by atoms with van der Waals surface area (Å²) >= 11 is 7.09. The number of thiazole rings is 1. The molecule has 0 saturated heterocycles. The van der Waals surface area contributed by atoms with Gasteiger partial charge in [-0.25, -0.2) is 9.37 Å². The molecule has 1 aromatic heterocycles. The van der Waals surface area contributed by atoms with Crippen molar-refractivity contribution in [2.75, 3.05) is 6.61 Å². The number of amides is 1. The summed E-state index contributed by atoms with van der Waals surface area (Å²) in [6, 6.07) is 4.05. The van der Waals surface area contributed by atoms with Gasteiger partial charge in [0.25, 0.3) is 5.91 Å². The van der Waals surface area contributed by atoms with Crippen LogP contribution in [0.1, 0.15) is 41.2 Å². The van der Waals surface area contributed by atoms with Crippen LogP contribution in [-0.4, -0.2) is 28.8 Å². The lowest BCUT2D eigenvalue weighted by atomic mass is 9.38. The number of hydrogen-bond acceptors (Lipinski definition) is 5. The molecule has 0 spiro atoms. The SMILES string of the molecule is Cc1nc(C(=O)CC23CC(NC(=O)COc4ccc(Cl)c(F)c4)(C2)C3)cs1. The smallest absolute Gasteiger partial charge is 0.258 e. The van der Waals surface area contributed by atoms with Gasteiger partial charge in [0.05, 0.1) is 10.0 Å². The van der Waals surface area contributed by atoms with Crippen LogP contribution >= 0.6 is 22.9 Å². The summed E-state index contributed by atoms with van der Waals surface area (Å²) in [6.07, 6.45) is 2.89. The van der Waals surface area contributed by atoms with Gasteiger partial charge in [-0.15, -0.1) is 11.3 Å². The lowest BCUT2D eigenvalue weighted by molar-refractivity contribution is -0.164. The van der Waals surface area contributed by atoms with Crippen molar-refractivity contribution in [1.29, 1.82) is 0 Å². The van der Waals surface area contributed by atoms with Gasteiger partial charge in [-0.05, 0) is 43.7 Å². The molecule has 0 aliphatic heterocycles. The number of ketones is 1. The minimum atomic E-state index is -0.587.